The minimum absolute atomic E-state index is 0. The number of rotatable bonds is 8. The number of halogens is 1. The van der Waals surface area contributed by atoms with Gasteiger partial charge in [-0.05, 0) is 56.6 Å². The molecule has 2 saturated heterocycles. The Morgan fingerprint density at radius 2 is 1.04 bits per heavy atom. The van der Waals surface area contributed by atoms with Gasteiger partial charge < -0.3 is 35.3 Å². The van der Waals surface area contributed by atoms with Crippen molar-refractivity contribution < 1.29 is 41.0 Å². The zero-order valence-electron chi connectivity index (χ0n) is 26.3. The monoisotopic (exact) mass is 659 g/mol. The van der Waals surface area contributed by atoms with Crippen LogP contribution in [0.15, 0.2) is 91.0 Å². The molecule has 0 saturated carbocycles. The predicted octanol–water partition coefficient (Wildman–Crippen LogP) is 4.45. The third-order valence-corrected chi connectivity index (χ3v) is 6.53. The van der Waals surface area contributed by atoms with Gasteiger partial charge in [0.2, 0.25) is 0 Å². The lowest BCUT2D eigenvalue weighted by atomic mass is 10.2. The highest BCUT2D eigenvalue weighted by Crippen LogP contribution is 2.17. The summed E-state index contributed by atoms with van der Waals surface area (Å²) >= 11 is 5.16. The van der Waals surface area contributed by atoms with E-state index in [1.54, 1.807) is 60.7 Å². The average molecular weight is 660 g/mol. The van der Waals surface area contributed by atoms with Crippen molar-refractivity contribution in [2.75, 3.05) is 46.1 Å². The van der Waals surface area contributed by atoms with Crippen molar-refractivity contribution in [2.45, 2.75) is 32.3 Å². The lowest BCUT2D eigenvalue weighted by Gasteiger charge is -2.22. The van der Waals surface area contributed by atoms with E-state index in [4.69, 9.17) is 36.3 Å². The molecule has 2 aliphatic heterocycles. The first kappa shape index (κ1) is 38.2. The Hall–Kier alpha value is -3.97. The van der Waals surface area contributed by atoms with E-state index in [1.165, 1.54) is 6.92 Å². The number of hydrogen-bond acceptors (Lipinski definition) is 9. The predicted molar refractivity (Wildman–Crippen MR) is 179 cm³/mol. The molecule has 0 spiro atoms. The molecule has 2 heterocycles. The molecule has 2 fully saturated rings. The van der Waals surface area contributed by atoms with E-state index in [9.17, 15) is 19.2 Å². The third kappa shape index (κ3) is 14.9. The standard InChI is InChI=1S/C12H15NO3.C10H11NO2.C7H5ClO.C5H11NO2.2H2/c1-12(15-7-8-16-12)9-13-11(14)10-5-3-2-4-6-10;1-8(12)7-11-10(13)9-5-3-2-4-6-9;8-7(9)6-4-2-1-3-5-6;1-5(4-6)7-2-3-8-5;;/h2-6H,7-9H2,1H3,(H,13,14);2-6H,7H2,1H3,(H,11,13);1-5H;2-4,6H2,1H3;2*1H. The molecule has 252 valence electrons. The van der Waals surface area contributed by atoms with Crippen LogP contribution in [0.25, 0.3) is 0 Å². The second kappa shape index (κ2) is 20.2. The van der Waals surface area contributed by atoms with E-state index >= 15 is 0 Å². The Bertz CT molecular complexity index is 1360. The van der Waals surface area contributed by atoms with E-state index in [-0.39, 0.29) is 27.0 Å². The first-order valence-electron chi connectivity index (χ1n) is 14.6. The van der Waals surface area contributed by atoms with Gasteiger partial charge in [0, 0.05) is 26.1 Å². The number of amides is 2. The quantitative estimate of drug-likeness (QED) is 0.298. The van der Waals surface area contributed by atoms with Crippen LogP contribution in [-0.4, -0.2) is 80.5 Å². The van der Waals surface area contributed by atoms with Crippen molar-refractivity contribution in [2.24, 2.45) is 5.73 Å². The fourth-order valence-corrected chi connectivity index (χ4v) is 3.86. The van der Waals surface area contributed by atoms with Crippen molar-refractivity contribution in [1.82, 2.24) is 10.6 Å². The second-order valence-electron chi connectivity index (χ2n) is 10.3. The minimum atomic E-state index is -0.676. The normalized spacial score (nSPS) is 15.3. The first-order chi connectivity index (χ1) is 22.0. The van der Waals surface area contributed by atoms with Crippen molar-refractivity contribution in [3.05, 3.63) is 108 Å². The summed E-state index contributed by atoms with van der Waals surface area (Å²) in [6.45, 7) is 8.51. The largest absolute Gasteiger partial charge is 0.347 e. The van der Waals surface area contributed by atoms with E-state index in [1.807, 2.05) is 44.2 Å². The van der Waals surface area contributed by atoms with Gasteiger partial charge >= 0.3 is 0 Å². The van der Waals surface area contributed by atoms with Crippen LogP contribution in [-0.2, 0) is 23.7 Å². The van der Waals surface area contributed by atoms with Gasteiger partial charge in [-0.15, -0.1) is 0 Å². The zero-order valence-corrected chi connectivity index (χ0v) is 27.1. The van der Waals surface area contributed by atoms with Gasteiger partial charge in [-0.3, -0.25) is 19.2 Å². The van der Waals surface area contributed by atoms with Gasteiger partial charge in [0.25, 0.3) is 17.1 Å². The molecule has 11 nitrogen and oxygen atoms in total. The summed E-state index contributed by atoms with van der Waals surface area (Å²) in [6.07, 6.45) is 0. The van der Waals surface area contributed by atoms with Crippen LogP contribution in [0.5, 0.6) is 0 Å². The molecule has 4 N–H and O–H groups in total. The van der Waals surface area contributed by atoms with E-state index in [0.29, 0.717) is 56.2 Å². The molecule has 2 amide bonds. The van der Waals surface area contributed by atoms with E-state index < -0.39 is 16.8 Å². The summed E-state index contributed by atoms with van der Waals surface area (Å²) in [5.41, 5.74) is 7.07. The van der Waals surface area contributed by atoms with Crippen LogP contribution in [0.1, 0.15) is 54.7 Å². The van der Waals surface area contributed by atoms with Gasteiger partial charge in [0.05, 0.1) is 39.5 Å². The molecule has 46 heavy (non-hydrogen) atoms. The molecule has 12 heteroatoms. The fourth-order valence-electron chi connectivity index (χ4n) is 3.73. The van der Waals surface area contributed by atoms with E-state index in [2.05, 4.69) is 10.6 Å². The van der Waals surface area contributed by atoms with Gasteiger partial charge in [0.15, 0.2) is 11.6 Å². The highest BCUT2D eigenvalue weighted by atomic mass is 35.5. The Kier molecular flexibility index (Phi) is 16.8. The smallest absolute Gasteiger partial charge is 0.252 e. The molecule has 5 rings (SSSR count). The maximum absolute atomic E-state index is 11.7. The molecular weight excluding hydrogens is 614 g/mol. The Labute approximate surface area is 277 Å². The maximum atomic E-state index is 11.7. The number of nitrogens with one attached hydrogen (secondary N) is 2. The van der Waals surface area contributed by atoms with Gasteiger partial charge in [-0.25, -0.2) is 0 Å². The van der Waals surface area contributed by atoms with Crippen LogP contribution in [0.3, 0.4) is 0 Å². The number of ether oxygens (including phenoxy) is 4. The molecule has 0 atom stereocenters. The van der Waals surface area contributed by atoms with Crippen molar-refractivity contribution in [3.63, 3.8) is 0 Å². The Morgan fingerprint density at radius 3 is 1.37 bits per heavy atom. The SMILES string of the molecule is CC(=O)CNC(=O)c1ccccc1.CC1(CN)OCCO1.CC1(CNC(=O)c2ccccc2)OCCO1.O=C(Cl)c1ccccc1.[HH].[HH]. The lowest BCUT2D eigenvalue weighted by Crippen LogP contribution is -2.41. The summed E-state index contributed by atoms with van der Waals surface area (Å²) in [6, 6.07) is 26.6. The third-order valence-electron chi connectivity index (χ3n) is 6.31. The summed E-state index contributed by atoms with van der Waals surface area (Å²) in [7, 11) is 0. The maximum Gasteiger partial charge on any atom is 0.252 e. The summed E-state index contributed by atoms with van der Waals surface area (Å²) in [5, 5.41) is 4.90. The molecular formula is C34H46ClN3O8. The van der Waals surface area contributed by atoms with Crippen molar-refractivity contribution in [1.29, 1.82) is 0 Å². The molecule has 0 radical (unpaired) electrons. The summed E-state index contributed by atoms with van der Waals surface area (Å²) < 4.78 is 21.1. The molecule has 3 aromatic rings. The molecule has 0 aliphatic carbocycles. The van der Waals surface area contributed by atoms with Gasteiger partial charge in [0.1, 0.15) is 5.78 Å². The zero-order chi connectivity index (χ0) is 33.8. The highest BCUT2D eigenvalue weighted by Gasteiger charge is 2.31. The number of ketones is 1. The topological polar surface area (TPSA) is 155 Å². The molecule has 0 aromatic heterocycles. The highest BCUT2D eigenvalue weighted by molar-refractivity contribution is 6.67. The second-order valence-corrected chi connectivity index (χ2v) is 10.6. The number of nitrogens with two attached hydrogens (primary N) is 1. The van der Waals surface area contributed by atoms with Crippen LogP contribution < -0.4 is 16.4 Å². The number of benzene rings is 3. The van der Waals surface area contributed by atoms with Crippen LogP contribution >= 0.6 is 11.6 Å². The lowest BCUT2D eigenvalue weighted by molar-refractivity contribution is -0.136. The number of hydrogen-bond donors (Lipinski definition) is 3. The molecule has 0 unspecified atom stereocenters. The van der Waals surface area contributed by atoms with Gasteiger partial charge in [-0.1, -0.05) is 66.7 Å². The molecule has 0 bridgehead atoms. The number of carbonyl (C=O) groups is 4. The number of carbonyl (C=O) groups excluding carboxylic acids is 4. The van der Waals surface area contributed by atoms with Crippen LogP contribution in [0, 0.1) is 0 Å². The van der Waals surface area contributed by atoms with Crippen LogP contribution in [0.4, 0.5) is 0 Å². The first-order valence-corrected chi connectivity index (χ1v) is 15.0. The summed E-state index contributed by atoms with van der Waals surface area (Å²) in [5.74, 6) is -1.54. The summed E-state index contributed by atoms with van der Waals surface area (Å²) in [4.78, 5) is 44.0. The average Bonchev–Trinajstić information content (AvgIpc) is 3.73. The fraction of sp³-hybridized carbons (Fsp3) is 0.353. The Morgan fingerprint density at radius 1 is 0.674 bits per heavy atom. The van der Waals surface area contributed by atoms with Gasteiger partial charge in [-0.2, -0.15) is 0 Å². The van der Waals surface area contributed by atoms with E-state index in [0.717, 1.165) is 0 Å². The van der Waals surface area contributed by atoms with Crippen molar-refractivity contribution >= 4 is 34.4 Å². The Balaban J connectivity index is 0.000000627. The minimum Gasteiger partial charge on any atom is -0.347 e. The number of Topliss-reactive ketones (excluding diaryl/α,β-unsaturated/α-hetero) is 1. The molecule has 2 aliphatic rings. The van der Waals surface area contributed by atoms with Crippen molar-refractivity contribution in [3.8, 4) is 0 Å². The van der Waals surface area contributed by atoms with Crippen LogP contribution in [0.2, 0.25) is 0 Å². The molecule has 3 aromatic carbocycles.